The average Bonchev–Trinajstić information content (AvgIpc) is 3.71. The lowest BCUT2D eigenvalue weighted by Gasteiger charge is -2.33. The van der Waals surface area contributed by atoms with Crippen molar-refractivity contribution < 1.29 is 19.4 Å². The predicted molar refractivity (Wildman–Crippen MR) is 167 cm³/mol. The Morgan fingerprint density at radius 2 is 1.82 bits per heavy atom. The Morgan fingerprint density at radius 1 is 1.02 bits per heavy atom. The third kappa shape index (κ3) is 5.20. The number of amides is 1. The molecule has 1 unspecified atom stereocenters. The number of fused-ring (bicyclic) bond motifs is 1. The minimum Gasteiger partial charge on any atom is -0.486 e. The zero-order valence-electron chi connectivity index (χ0n) is 24.9. The molecule has 2 aromatic carbocycles. The van der Waals surface area contributed by atoms with E-state index in [9.17, 15) is 14.7 Å². The van der Waals surface area contributed by atoms with Crippen molar-refractivity contribution >= 4 is 17.7 Å². The number of carboxylic acids is 1. The number of nitrogen functional groups attached to an aromatic ring is 1. The second-order valence-electron chi connectivity index (χ2n) is 12.2. The molecular formula is C35H37N5O4. The van der Waals surface area contributed by atoms with Crippen LogP contribution in [-0.2, 0) is 17.6 Å². The SMILES string of the molecule is CCc1cc(OC2CCc3cccc(-c4cccc(-n5ncc(C(=O)O)c5N)n4)c32)ccc1C1CCN(C(=O)C2CC2)CC1. The first-order chi connectivity index (χ1) is 21.4. The highest BCUT2D eigenvalue weighted by atomic mass is 16.5. The van der Waals surface area contributed by atoms with Crippen molar-refractivity contribution in [2.24, 2.45) is 5.92 Å². The highest BCUT2D eigenvalue weighted by molar-refractivity contribution is 5.92. The molecule has 1 saturated carbocycles. The van der Waals surface area contributed by atoms with Crippen molar-refractivity contribution in [2.45, 2.75) is 63.9 Å². The minimum absolute atomic E-state index is 0.0362. The Hall–Kier alpha value is -4.66. The summed E-state index contributed by atoms with van der Waals surface area (Å²) in [5, 5.41) is 13.6. The molecule has 3 aliphatic rings. The van der Waals surface area contributed by atoms with Gasteiger partial charge in [0.05, 0.1) is 11.9 Å². The lowest BCUT2D eigenvalue weighted by molar-refractivity contribution is -0.133. The van der Waals surface area contributed by atoms with Crippen LogP contribution in [-0.4, -0.2) is 49.7 Å². The predicted octanol–water partition coefficient (Wildman–Crippen LogP) is 5.96. The van der Waals surface area contributed by atoms with E-state index < -0.39 is 5.97 Å². The summed E-state index contributed by atoms with van der Waals surface area (Å²) in [4.78, 5) is 30.9. The number of aromatic carboxylic acids is 1. The summed E-state index contributed by atoms with van der Waals surface area (Å²) >= 11 is 0. The summed E-state index contributed by atoms with van der Waals surface area (Å²) in [6.45, 7) is 3.90. The highest BCUT2D eigenvalue weighted by Crippen LogP contribution is 2.42. The van der Waals surface area contributed by atoms with Gasteiger partial charge in [0.2, 0.25) is 5.91 Å². The largest absolute Gasteiger partial charge is 0.486 e. The molecule has 3 N–H and O–H groups in total. The van der Waals surface area contributed by atoms with Gasteiger partial charge < -0.3 is 20.5 Å². The van der Waals surface area contributed by atoms with Gasteiger partial charge in [0.25, 0.3) is 0 Å². The van der Waals surface area contributed by atoms with Gasteiger partial charge in [0.15, 0.2) is 5.82 Å². The van der Waals surface area contributed by atoms with Crippen molar-refractivity contribution in [3.05, 3.63) is 88.6 Å². The van der Waals surface area contributed by atoms with Crippen molar-refractivity contribution in [1.82, 2.24) is 19.7 Å². The van der Waals surface area contributed by atoms with Crippen LogP contribution in [0.15, 0.2) is 60.8 Å². The first kappa shape index (κ1) is 28.1. The number of anilines is 1. The van der Waals surface area contributed by atoms with Crippen LogP contribution in [0.25, 0.3) is 17.1 Å². The Morgan fingerprint density at radius 3 is 2.55 bits per heavy atom. The van der Waals surface area contributed by atoms with Gasteiger partial charge >= 0.3 is 5.97 Å². The van der Waals surface area contributed by atoms with Crippen molar-refractivity contribution in [2.75, 3.05) is 18.8 Å². The number of rotatable bonds is 8. The number of carbonyl (C=O) groups is 2. The topological polar surface area (TPSA) is 124 Å². The molecule has 2 fully saturated rings. The summed E-state index contributed by atoms with van der Waals surface area (Å²) in [6, 6.07) is 18.4. The molecule has 0 spiro atoms. The maximum absolute atomic E-state index is 12.5. The molecule has 1 aliphatic heterocycles. The van der Waals surface area contributed by atoms with E-state index in [1.807, 2.05) is 18.2 Å². The van der Waals surface area contributed by atoms with Gasteiger partial charge in [-0.15, -0.1) is 0 Å². The Balaban J connectivity index is 1.12. The number of benzene rings is 2. The molecule has 3 heterocycles. The number of aryl methyl sites for hydroxylation is 2. The number of nitrogens with two attached hydrogens (primary N) is 1. The van der Waals surface area contributed by atoms with Crippen molar-refractivity contribution in [3.8, 4) is 22.8 Å². The summed E-state index contributed by atoms with van der Waals surface area (Å²) in [5.41, 5.74) is 12.8. The number of likely N-dealkylation sites (tertiary alicyclic amines) is 1. The summed E-state index contributed by atoms with van der Waals surface area (Å²) in [5.74, 6) is 1.34. The van der Waals surface area contributed by atoms with E-state index in [1.54, 1.807) is 6.07 Å². The van der Waals surface area contributed by atoms with Crippen LogP contribution in [0.3, 0.4) is 0 Å². The fourth-order valence-corrected chi connectivity index (χ4v) is 6.90. The second-order valence-corrected chi connectivity index (χ2v) is 12.2. The zero-order chi connectivity index (χ0) is 30.4. The van der Waals surface area contributed by atoms with Gasteiger partial charge in [0.1, 0.15) is 23.2 Å². The summed E-state index contributed by atoms with van der Waals surface area (Å²) < 4.78 is 8.06. The maximum atomic E-state index is 12.5. The van der Waals surface area contributed by atoms with E-state index in [4.69, 9.17) is 15.5 Å². The van der Waals surface area contributed by atoms with Gasteiger partial charge in [0, 0.05) is 30.1 Å². The van der Waals surface area contributed by atoms with E-state index in [0.717, 1.165) is 80.6 Å². The second kappa shape index (κ2) is 11.4. The number of hydrogen-bond acceptors (Lipinski definition) is 6. The third-order valence-corrected chi connectivity index (χ3v) is 9.41. The standard InChI is InChI=1S/C35H37N5O4/c1-2-21-19-25(12-13-26(21)22-15-17-39(18-16-22)34(41)24-9-10-24)44-30-14-11-23-5-3-6-27(32(23)30)29-7-4-8-31(38-29)40-33(36)28(20-37-40)35(42)43/h3-8,12-13,19-20,22,24,30H,2,9-11,14-18,36H2,1H3,(H,42,43). The van der Waals surface area contributed by atoms with Gasteiger partial charge in [-0.1, -0.05) is 37.3 Å². The molecule has 226 valence electrons. The molecule has 44 heavy (non-hydrogen) atoms. The summed E-state index contributed by atoms with van der Waals surface area (Å²) in [6.07, 6.45) is 7.99. The normalized spacial score (nSPS) is 18.3. The molecular weight excluding hydrogens is 554 g/mol. The molecule has 1 amide bonds. The molecule has 0 radical (unpaired) electrons. The maximum Gasteiger partial charge on any atom is 0.341 e. The lowest BCUT2D eigenvalue weighted by atomic mass is 9.85. The Kier molecular flexibility index (Phi) is 7.32. The molecule has 4 aromatic rings. The molecule has 0 bridgehead atoms. The van der Waals surface area contributed by atoms with Gasteiger partial charge in [-0.05, 0) is 91.8 Å². The quantitative estimate of drug-likeness (QED) is 0.259. The Labute approximate surface area is 256 Å². The summed E-state index contributed by atoms with van der Waals surface area (Å²) in [7, 11) is 0. The van der Waals surface area contributed by atoms with Crippen LogP contribution >= 0.6 is 0 Å². The average molecular weight is 592 g/mol. The number of aromatic nitrogens is 3. The Bertz CT molecular complexity index is 1730. The number of hydrogen-bond donors (Lipinski definition) is 2. The van der Waals surface area contributed by atoms with Gasteiger partial charge in [-0.3, -0.25) is 4.79 Å². The first-order valence-electron chi connectivity index (χ1n) is 15.7. The third-order valence-electron chi connectivity index (χ3n) is 9.41. The molecule has 1 atom stereocenters. The lowest BCUT2D eigenvalue weighted by Crippen LogP contribution is -2.38. The van der Waals surface area contributed by atoms with Crippen molar-refractivity contribution in [1.29, 1.82) is 0 Å². The van der Waals surface area contributed by atoms with Crippen molar-refractivity contribution in [3.63, 3.8) is 0 Å². The fourth-order valence-electron chi connectivity index (χ4n) is 6.90. The van der Waals surface area contributed by atoms with E-state index >= 15 is 0 Å². The number of carbonyl (C=O) groups excluding carboxylic acids is 1. The van der Waals surface area contributed by atoms with Crippen LogP contribution in [0.2, 0.25) is 0 Å². The first-order valence-corrected chi connectivity index (χ1v) is 15.7. The molecule has 9 nitrogen and oxygen atoms in total. The van der Waals surface area contributed by atoms with E-state index in [1.165, 1.54) is 27.6 Å². The molecule has 9 heteroatoms. The fraction of sp³-hybridized carbons (Fsp3) is 0.371. The number of carboxylic acid groups (broad SMARTS) is 1. The zero-order valence-corrected chi connectivity index (χ0v) is 24.9. The van der Waals surface area contributed by atoms with Crippen LogP contribution in [0, 0.1) is 5.92 Å². The van der Waals surface area contributed by atoms with Crippen LogP contribution in [0.4, 0.5) is 5.82 Å². The van der Waals surface area contributed by atoms with Crippen LogP contribution in [0.5, 0.6) is 5.75 Å². The van der Waals surface area contributed by atoms with Gasteiger partial charge in [-0.2, -0.15) is 9.78 Å². The monoisotopic (exact) mass is 591 g/mol. The molecule has 2 aliphatic carbocycles. The van der Waals surface area contributed by atoms with Crippen LogP contribution in [0.1, 0.15) is 83.7 Å². The number of nitrogens with zero attached hydrogens (tertiary/aromatic N) is 4. The van der Waals surface area contributed by atoms with E-state index in [-0.39, 0.29) is 23.4 Å². The van der Waals surface area contributed by atoms with E-state index in [2.05, 4.69) is 47.3 Å². The molecule has 7 rings (SSSR count). The molecule has 1 saturated heterocycles. The highest BCUT2D eigenvalue weighted by Gasteiger charge is 2.35. The number of piperidine rings is 1. The van der Waals surface area contributed by atoms with Crippen LogP contribution < -0.4 is 10.5 Å². The smallest absolute Gasteiger partial charge is 0.341 e. The number of pyridine rings is 1. The number of ether oxygens (including phenoxy) is 1. The van der Waals surface area contributed by atoms with E-state index in [0.29, 0.717) is 17.6 Å². The minimum atomic E-state index is -1.13. The van der Waals surface area contributed by atoms with Gasteiger partial charge in [-0.25, -0.2) is 9.78 Å². The molecule has 2 aromatic heterocycles.